The largest absolute Gasteiger partial charge is 0.353 e. The lowest BCUT2D eigenvalue weighted by Crippen LogP contribution is -2.56. The van der Waals surface area contributed by atoms with Crippen molar-refractivity contribution in [3.05, 3.63) is 77.6 Å². The summed E-state index contributed by atoms with van der Waals surface area (Å²) in [5.41, 5.74) is 3.45. The minimum Gasteiger partial charge on any atom is -0.353 e. The lowest BCUT2D eigenvalue weighted by molar-refractivity contribution is -0.138. The van der Waals surface area contributed by atoms with Gasteiger partial charge in [0.05, 0.1) is 12.5 Å². The maximum absolute atomic E-state index is 13.1. The highest BCUT2D eigenvalue weighted by Crippen LogP contribution is 2.21. The molecular weight excluding hydrogens is 388 g/mol. The fraction of sp³-hybridized carbons (Fsp3) is 0.320. The predicted molar refractivity (Wildman–Crippen MR) is 121 cm³/mol. The molecule has 3 aromatic rings. The first-order chi connectivity index (χ1) is 15.0. The summed E-state index contributed by atoms with van der Waals surface area (Å²) < 4.78 is 0. The third-order valence-corrected chi connectivity index (χ3v) is 6.05. The van der Waals surface area contributed by atoms with Gasteiger partial charge in [-0.25, -0.2) is 0 Å². The van der Waals surface area contributed by atoms with Crippen LogP contribution >= 0.6 is 0 Å². The summed E-state index contributed by atoms with van der Waals surface area (Å²) in [6.07, 6.45) is 3.76. The molecule has 1 fully saturated rings. The summed E-state index contributed by atoms with van der Waals surface area (Å²) in [5.74, 6) is -0.110. The van der Waals surface area contributed by atoms with Gasteiger partial charge in [-0.3, -0.25) is 19.5 Å². The number of pyridine rings is 1. The number of hydrogen-bond acceptors (Lipinski definition) is 4. The average Bonchev–Trinajstić information content (AvgIpc) is 2.77. The molecule has 31 heavy (non-hydrogen) atoms. The van der Waals surface area contributed by atoms with Crippen LogP contribution in [0.25, 0.3) is 10.8 Å². The zero-order chi connectivity index (χ0) is 21.8. The Bertz CT molecular complexity index is 1090. The molecule has 0 unspecified atom stereocenters. The van der Waals surface area contributed by atoms with Crippen LogP contribution in [0.15, 0.2) is 60.9 Å². The second-order valence-electron chi connectivity index (χ2n) is 8.17. The Morgan fingerprint density at radius 2 is 1.97 bits per heavy atom. The molecule has 1 atom stereocenters. The van der Waals surface area contributed by atoms with Gasteiger partial charge in [-0.2, -0.15) is 0 Å². The van der Waals surface area contributed by atoms with E-state index >= 15 is 0 Å². The molecule has 0 saturated carbocycles. The Morgan fingerprint density at radius 3 is 2.81 bits per heavy atom. The number of piperazine rings is 1. The number of nitrogens with zero attached hydrogens (tertiary/aromatic N) is 3. The van der Waals surface area contributed by atoms with Crippen LogP contribution in [0, 0.1) is 6.92 Å². The highest BCUT2D eigenvalue weighted by Gasteiger charge is 2.32. The number of fused-ring (bicyclic) bond motifs is 1. The second kappa shape index (κ2) is 9.27. The van der Waals surface area contributed by atoms with Crippen molar-refractivity contribution >= 4 is 22.6 Å². The van der Waals surface area contributed by atoms with Gasteiger partial charge in [-0.1, -0.05) is 42.5 Å². The molecule has 6 heteroatoms. The number of rotatable bonds is 6. The number of benzene rings is 2. The second-order valence-corrected chi connectivity index (χ2v) is 8.17. The fourth-order valence-electron chi connectivity index (χ4n) is 4.17. The maximum Gasteiger partial charge on any atom is 0.237 e. The van der Waals surface area contributed by atoms with E-state index in [2.05, 4.69) is 34.3 Å². The van der Waals surface area contributed by atoms with Crippen molar-refractivity contribution in [3.63, 3.8) is 0 Å². The summed E-state index contributed by atoms with van der Waals surface area (Å²) in [7, 11) is 1.80. The van der Waals surface area contributed by atoms with E-state index < -0.39 is 6.04 Å². The molecule has 0 radical (unpaired) electrons. The van der Waals surface area contributed by atoms with Gasteiger partial charge >= 0.3 is 0 Å². The van der Waals surface area contributed by atoms with E-state index in [1.54, 1.807) is 18.1 Å². The van der Waals surface area contributed by atoms with Gasteiger partial charge in [0.25, 0.3) is 0 Å². The first-order valence-corrected chi connectivity index (χ1v) is 10.6. The molecule has 1 aliphatic rings. The van der Waals surface area contributed by atoms with Crippen molar-refractivity contribution in [1.82, 2.24) is 20.1 Å². The Hall–Kier alpha value is -3.25. The molecule has 0 spiro atoms. The smallest absolute Gasteiger partial charge is 0.237 e. The highest BCUT2D eigenvalue weighted by molar-refractivity contribution is 5.89. The standard InChI is InChI=1S/C25H28N4O2/c1-18-6-3-4-7-20(18)17-29-13-12-27-25(31)23(29)14-24(30)28(2)16-21-9-5-8-19-15-26-11-10-22(19)21/h3-11,15,23H,12-14,16-17H2,1-2H3,(H,27,31)/t23-/m1/s1. The quantitative estimate of drug-likeness (QED) is 0.671. The van der Waals surface area contributed by atoms with Crippen LogP contribution in [-0.4, -0.2) is 52.8 Å². The number of aryl methyl sites for hydroxylation is 1. The summed E-state index contributed by atoms with van der Waals surface area (Å²) in [6, 6.07) is 15.7. The molecule has 0 bridgehead atoms. The van der Waals surface area contributed by atoms with Crippen LogP contribution in [0.4, 0.5) is 0 Å². The minimum absolute atomic E-state index is 0.0390. The molecule has 160 valence electrons. The number of aromatic nitrogens is 1. The molecule has 1 aromatic heterocycles. The monoisotopic (exact) mass is 416 g/mol. The summed E-state index contributed by atoms with van der Waals surface area (Å²) in [5, 5.41) is 5.07. The maximum atomic E-state index is 13.1. The first-order valence-electron chi connectivity index (χ1n) is 10.6. The van der Waals surface area contributed by atoms with Crippen LogP contribution in [-0.2, 0) is 22.7 Å². The van der Waals surface area contributed by atoms with E-state index in [4.69, 9.17) is 0 Å². The van der Waals surface area contributed by atoms with Crippen molar-refractivity contribution in [1.29, 1.82) is 0 Å². The van der Waals surface area contributed by atoms with E-state index in [0.29, 0.717) is 19.6 Å². The molecule has 4 rings (SSSR count). The summed E-state index contributed by atoms with van der Waals surface area (Å²) >= 11 is 0. The fourth-order valence-corrected chi connectivity index (χ4v) is 4.17. The molecule has 2 amide bonds. The van der Waals surface area contributed by atoms with Gasteiger partial charge < -0.3 is 10.2 Å². The van der Waals surface area contributed by atoms with Crippen LogP contribution in [0.2, 0.25) is 0 Å². The van der Waals surface area contributed by atoms with Gasteiger partial charge in [-0.15, -0.1) is 0 Å². The summed E-state index contributed by atoms with van der Waals surface area (Å²) in [4.78, 5) is 33.7. The van der Waals surface area contributed by atoms with Gasteiger partial charge in [0.1, 0.15) is 0 Å². The SMILES string of the molecule is Cc1ccccc1CN1CCNC(=O)[C@H]1CC(=O)N(C)Cc1cccc2cnccc12. The molecule has 1 N–H and O–H groups in total. The zero-order valence-corrected chi connectivity index (χ0v) is 18.0. The predicted octanol–water partition coefficient (Wildman–Crippen LogP) is 2.89. The first kappa shape index (κ1) is 21.0. The summed E-state index contributed by atoms with van der Waals surface area (Å²) in [6.45, 7) is 4.57. The van der Waals surface area contributed by atoms with Crippen molar-refractivity contribution in [3.8, 4) is 0 Å². The number of nitrogens with one attached hydrogen (secondary N) is 1. The van der Waals surface area contributed by atoms with Gasteiger partial charge in [0.15, 0.2) is 0 Å². The third kappa shape index (κ3) is 4.75. The highest BCUT2D eigenvalue weighted by atomic mass is 16.2. The Balaban J connectivity index is 1.47. The molecule has 2 aromatic carbocycles. The van der Waals surface area contributed by atoms with Gasteiger partial charge in [0.2, 0.25) is 11.8 Å². The number of carbonyl (C=O) groups is 2. The molecule has 6 nitrogen and oxygen atoms in total. The number of carbonyl (C=O) groups excluding carboxylic acids is 2. The van der Waals surface area contributed by atoms with Crippen molar-refractivity contribution < 1.29 is 9.59 Å². The Kier molecular flexibility index (Phi) is 6.28. The van der Waals surface area contributed by atoms with E-state index in [-0.39, 0.29) is 18.2 Å². The van der Waals surface area contributed by atoms with Crippen LogP contribution in [0.3, 0.4) is 0 Å². The normalized spacial score (nSPS) is 16.8. The number of hydrogen-bond donors (Lipinski definition) is 1. The van der Waals surface area contributed by atoms with Crippen LogP contribution in [0.5, 0.6) is 0 Å². The van der Waals surface area contributed by atoms with Crippen LogP contribution in [0.1, 0.15) is 23.1 Å². The van der Waals surface area contributed by atoms with Crippen molar-refractivity contribution in [2.75, 3.05) is 20.1 Å². The van der Waals surface area contributed by atoms with Crippen LogP contribution < -0.4 is 5.32 Å². The average molecular weight is 417 g/mol. The lowest BCUT2D eigenvalue weighted by Gasteiger charge is -2.35. The van der Waals surface area contributed by atoms with Gasteiger partial charge in [0, 0.05) is 51.0 Å². The van der Waals surface area contributed by atoms with Gasteiger partial charge in [-0.05, 0) is 35.1 Å². The van der Waals surface area contributed by atoms with E-state index in [1.165, 1.54) is 11.1 Å². The molecular formula is C25H28N4O2. The third-order valence-electron chi connectivity index (χ3n) is 6.05. The molecule has 1 saturated heterocycles. The van der Waals surface area contributed by atoms with E-state index in [1.807, 2.05) is 42.6 Å². The van der Waals surface area contributed by atoms with Crippen molar-refractivity contribution in [2.45, 2.75) is 32.5 Å². The Labute approximate surface area is 182 Å². The molecule has 2 heterocycles. The zero-order valence-electron chi connectivity index (χ0n) is 18.0. The van der Waals surface area contributed by atoms with E-state index in [0.717, 1.165) is 22.9 Å². The lowest BCUT2D eigenvalue weighted by atomic mass is 10.0. The number of amides is 2. The topological polar surface area (TPSA) is 65.5 Å². The van der Waals surface area contributed by atoms with E-state index in [9.17, 15) is 9.59 Å². The van der Waals surface area contributed by atoms with Crippen molar-refractivity contribution in [2.24, 2.45) is 0 Å². The molecule has 0 aliphatic carbocycles. The Morgan fingerprint density at radius 1 is 1.16 bits per heavy atom. The minimum atomic E-state index is -0.458. The molecule has 1 aliphatic heterocycles.